The lowest BCUT2D eigenvalue weighted by Gasteiger charge is -2.52. The van der Waals surface area contributed by atoms with Gasteiger partial charge in [-0.3, -0.25) is 14.4 Å². The Kier molecular flexibility index (Phi) is 6.50. The van der Waals surface area contributed by atoms with Gasteiger partial charge in [0, 0.05) is 4.88 Å². The lowest BCUT2D eigenvalue weighted by Crippen LogP contribution is -2.72. The number of rotatable bonds is 7. The summed E-state index contributed by atoms with van der Waals surface area (Å²) in [6.07, 6.45) is 0.278. The van der Waals surface area contributed by atoms with Crippen molar-refractivity contribution < 1.29 is 14.3 Å². The first-order valence-corrected chi connectivity index (χ1v) is 14.0. The first-order chi connectivity index (χ1) is 18.5. The third-order valence-electron chi connectivity index (χ3n) is 6.77. The molecule has 192 valence electrons. The van der Waals surface area contributed by atoms with Crippen molar-refractivity contribution in [2.45, 2.75) is 30.8 Å². The summed E-state index contributed by atoms with van der Waals surface area (Å²) in [5.74, 6) is 0.788. The molecule has 2 aliphatic rings. The Balaban J connectivity index is 1.15. The standard InChI is InChI=1S/C28H24N4O4S2/c1-16-17(15-38-28-24(27(35)32(16)28)30-23(33)13-18-7-6-12-37-18)14-36-22-11-5-3-9-20(22)25-29-21-10-4-2-8-19(21)26(34)31-25/h2-12,15-16,24,28H,13-14H2,1H3,(H,30,33)(H,29,31,34). The van der Waals surface area contributed by atoms with Crippen molar-refractivity contribution >= 4 is 45.8 Å². The van der Waals surface area contributed by atoms with E-state index in [-0.39, 0.29) is 41.8 Å². The fraction of sp³-hybridized carbons (Fsp3) is 0.214. The summed E-state index contributed by atoms with van der Waals surface area (Å²) >= 11 is 3.04. The molecule has 2 aromatic heterocycles. The number of aromatic nitrogens is 2. The Morgan fingerprint density at radius 2 is 1.92 bits per heavy atom. The van der Waals surface area contributed by atoms with E-state index < -0.39 is 6.04 Å². The second-order valence-electron chi connectivity index (χ2n) is 9.16. The van der Waals surface area contributed by atoms with E-state index in [9.17, 15) is 14.4 Å². The van der Waals surface area contributed by atoms with Gasteiger partial charge in [-0.1, -0.05) is 30.3 Å². The highest BCUT2D eigenvalue weighted by atomic mass is 32.2. The number of carbonyl (C=O) groups is 2. The van der Waals surface area contributed by atoms with Crippen LogP contribution in [0.5, 0.6) is 5.75 Å². The Bertz CT molecular complexity index is 1610. The van der Waals surface area contributed by atoms with Crippen LogP contribution in [0, 0.1) is 0 Å². The van der Waals surface area contributed by atoms with Crippen molar-refractivity contribution in [3.8, 4) is 17.1 Å². The van der Waals surface area contributed by atoms with Crippen molar-refractivity contribution in [2.24, 2.45) is 0 Å². The van der Waals surface area contributed by atoms with Gasteiger partial charge in [0.1, 0.15) is 29.6 Å². The molecule has 2 N–H and O–H groups in total. The van der Waals surface area contributed by atoms with Crippen LogP contribution < -0.4 is 15.6 Å². The molecule has 3 unspecified atom stereocenters. The number of fused-ring (bicyclic) bond motifs is 2. The van der Waals surface area contributed by atoms with E-state index in [1.54, 1.807) is 11.0 Å². The molecule has 0 aliphatic carbocycles. The van der Waals surface area contributed by atoms with Crippen molar-refractivity contribution in [1.29, 1.82) is 0 Å². The first kappa shape index (κ1) is 24.4. The molecule has 10 heteroatoms. The molecule has 0 spiro atoms. The second kappa shape index (κ2) is 10.1. The Hall–Kier alpha value is -3.89. The summed E-state index contributed by atoms with van der Waals surface area (Å²) in [7, 11) is 0. The number of amides is 2. The molecule has 8 nitrogen and oxygen atoms in total. The van der Waals surface area contributed by atoms with Crippen LogP contribution in [0.3, 0.4) is 0 Å². The van der Waals surface area contributed by atoms with E-state index in [0.29, 0.717) is 28.0 Å². The predicted molar refractivity (Wildman–Crippen MR) is 149 cm³/mol. The average molecular weight is 545 g/mol. The van der Waals surface area contributed by atoms with E-state index in [0.717, 1.165) is 10.5 Å². The summed E-state index contributed by atoms with van der Waals surface area (Å²) in [6.45, 7) is 2.24. The number of hydrogen-bond donors (Lipinski definition) is 2. The molecule has 1 fully saturated rings. The molecule has 4 aromatic rings. The molecule has 0 saturated carbocycles. The Morgan fingerprint density at radius 3 is 2.76 bits per heavy atom. The molecule has 38 heavy (non-hydrogen) atoms. The highest BCUT2D eigenvalue weighted by molar-refractivity contribution is 8.02. The molecular formula is C28H24N4O4S2. The number of nitrogens with one attached hydrogen (secondary N) is 2. The number of H-pyrrole nitrogens is 1. The third kappa shape index (κ3) is 4.50. The molecule has 2 aromatic carbocycles. The zero-order valence-electron chi connectivity index (χ0n) is 20.4. The summed E-state index contributed by atoms with van der Waals surface area (Å²) in [4.78, 5) is 48.2. The average Bonchev–Trinajstić information content (AvgIpc) is 3.44. The summed E-state index contributed by atoms with van der Waals surface area (Å²) in [5.41, 5.74) is 2.04. The van der Waals surface area contributed by atoms with Crippen LogP contribution in [0.1, 0.15) is 11.8 Å². The van der Waals surface area contributed by atoms with Crippen LogP contribution in [0.4, 0.5) is 0 Å². The monoisotopic (exact) mass is 544 g/mol. The molecule has 0 radical (unpaired) electrons. The number of thiophene rings is 1. The lowest BCUT2D eigenvalue weighted by molar-refractivity contribution is -0.150. The van der Waals surface area contributed by atoms with Crippen molar-refractivity contribution in [3.63, 3.8) is 0 Å². The number of β-lactam (4-membered cyclic amide) rings is 1. The number of aromatic amines is 1. The van der Waals surface area contributed by atoms with Crippen molar-refractivity contribution in [2.75, 3.05) is 6.61 Å². The smallest absolute Gasteiger partial charge is 0.259 e. The van der Waals surface area contributed by atoms with Crippen LogP contribution in [0.25, 0.3) is 22.3 Å². The van der Waals surface area contributed by atoms with Crippen LogP contribution in [-0.4, -0.2) is 50.7 Å². The number of nitrogens with zero attached hydrogens (tertiary/aromatic N) is 2. The number of para-hydroxylation sites is 2. The van der Waals surface area contributed by atoms with Gasteiger partial charge in [-0.15, -0.1) is 23.1 Å². The lowest BCUT2D eigenvalue weighted by atomic mass is 9.99. The fourth-order valence-electron chi connectivity index (χ4n) is 4.72. The highest BCUT2D eigenvalue weighted by Crippen LogP contribution is 2.40. The van der Waals surface area contributed by atoms with Gasteiger partial charge in [0.25, 0.3) is 5.56 Å². The normalized spacial score (nSPS) is 20.4. The van der Waals surface area contributed by atoms with Crippen LogP contribution in [-0.2, 0) is 16.0 Å². The zero-order chi connectivity index (χ0) is 26.2. The topological polar surface area (TPSA) is 104 Å². The molecule has 1 saturated heterocycles. The van der Waals surface area contributed by atoms with Crippen LogP contribution >= 0.6 is 23.1 Å². The maximum atomic E-state index is 12.9. The minimum absolute atomic E-state index is 0.0848. The minimum atomic E-state index is -0.523. The Morgan fingerprint density at radius 1 is 1.11 bits per heavy atom. The van der Waals surface area contributed by atoms with Crippen LogP contribution in [0.2, 0.25) is 0 Å². The summed E-state index contributed by atoms with van der Waals surface area (Å²) in [5, 5.41) is 7.25. The third-order valence-corrected chi connectivity index (χ3v) is 8.87. The van der Waals surface area contributed by atoms with Gasteiger partial charge in [-0.25, -0.2) is 4.98 Å². The SMILES string of the molecule is CC1C(COc2ccccc2-c2nc3ccccc3c(=O)[nH]2)=CSC2C(NC(=O)Cc3cccs3)C(=O)N12. The van der Waals surface area contributed by atoms with E-state index in [2.05, 4.69) is 15.3 Å². The molecule has 3 atom stereocenters. The maximum absolute atomic E-state index is 12.9. The van der Waals surface area contributed by atoms with Crippen molar-refractivity contribution in [3.05, 3.63) is 92.3 Å². The molecule has 4 heterocycles. The highest BCUT2D eigenvalue weighted by Gasteiger charge is 2.52. The van der Waals surface area contributed by atoms with E-state index in [1.807, 2.05) is 72.3 Å². The fourth-order valence-corrected chi connectivity index (χ4v) is 6.76. The van der Waals surface area contributed by atoms with Gasteiger partial charge in [0.05, 0.1) is 28.9 Å². The van der Waals surface area contributed by atoms with Gasteiger partial charge >= 0.3 is 0 Å². The minimum Gasteiger partial charge on any atom is -0.488 e. The molecule has 2 amide bonds. The molecule has 2 aliphatic heterocycles. The van der Waals surface area contributed by atoms with Gasteiger partial charge in [0.15, 0.2) is 0 Å². The Labute approximate surface area is 226 Å². The van der Waals surface area contributed by atoms with E-state index in [1.165, 1.54) is 23.1 Å². The van der Waals surface area contributed by atoms with Gasteiger partial charge in [0.2, 0.25) is 11.8 Å². The van der Waals surface area contributed by atoms with Gasteiger partial charge < -0.3 is 19.9 Å². The largest absolute Gasteiger partial charge is 0.488 e. The van der Waals surface area contributed by atoms with Gasteiger partial charge in [-0.2, -0.15) is 0 Å². The number of hydrogen-bond acceptors (Lipinski definition) is 7. The molecular weight excluding hydrogens is 520 g/mol. The van der Waals surface area contributed by atoms with Crippen LogP contribution in [0.15, 0.2) is 81.8 Å². The summed E-state index contributed by atoms with van der Waals surface area (Å²) < 4.78 is 6.20. The molecule has 0 bridgehead atoms. The zero-order valence-corrected chi connectivity index (χ0v) is 22.1. The summed E-state index contributed by atoms with van der Waals surface area (Å²) in [6, 6.07) is 17.8. The van der Waals surface area contributed by atoms with E-state index >= 15 is 0 Å². The van der Waals surface area contributed by atoms with Crippen molar-refractivity contribution in [1.82, 2.24) is 20.2 Å². The maximum Gasteiger partial charge on any atom is 0.259 e. The number of thioether (sulfide) groups is 1. The predicted octanol–water partition coefficient (Wildman–Crippen LogP) is 3.95. The second-order valence-corrected chi connectivity index (χ2v) is 11.2. The van der Waals surface area contributed by atoms with E-state index in [4.69, 9.17) is 4.74 Å². The molecule has 6 rings (SSSR count). The number of carbonyl (C=O) groups excluding carboxylic acids is 2. The first-order valence-electron chi connectivity index (χ1n) is 12.2. The number of benzene rings is 2. The van der Waals surface area contributed by atoms with Gasteiger partial charge in [-0.05, 0) is 53.6 Å². The quantitative estimate of drug-likeness (QED) is 0.342. The number of ether oxygens (including phenoxy) is 1.